The summed E-state index contributed by atoms with van der Waals surface area (Å²) in [4.78, 5) is 27.9. The number of nitrogens with zero attached hydrogens (tertiary/aromatic N) is 3. The molecule has 0 saturated carbocycles. The molecule has 1 atom stereocenters. The predicted octanol–water partition coefficient (Wildman–Crippen LogP) is 7.30. The Morgan fingerprint density at radius 1 is 1.07 bits per heavy atom. The highest BCUT2D eigenvalue weighted by Crippen LogP contribution is 2.44. The van der Waals surface area contributed by atoms with Gasteiger partial charge in [-0.2, -0.15) is 0 Å². The highest BCUT2D eigenvalue weighted by atomic mass is 35.5. The number of Topliss-reactive ketones (excluding diaryl/α,β-unsaturated/α-hetero) is 1. The molecule has 4 aromatic rings. The molecular weight excluding hydrogens is 596 g/mol. The van der Waals surface area contributed by atoms with Gasteiger partial charge in [-0.25, -0.2) is 4.39 Å². The van der Waals surface area contributed by atoms with Gasteiger partial charge in [-0.05, 0) is 66.6 Å². The Hall–Kier alpha value is -3.44. The molecule has 0 aliphatic carbocycles. The van der Waals surface area contributed by atoms with Gasteiger partial charge < -0.3 is 9.84 Å². The van der Waals surface area contributed by atoms with Crippen molar-refractivity contribution >= 4 is 68.9 Å². The van der Waals surface area contributed by atoms with Crippen molar-refractivity contribution in [3.05, 3.63) is 105 Å². The zero-order chi connectivity index (χ0) is 28.4. The van der Waals surface area contributed by atoms with Gasteiger partial charge in [-0.3, -0.25) is 14.5 Å². The van der Waals surface area contributed by atoms with E-state index in [2.05, 4.69) is 10.2 Å². The van der Waals surface area contributed by atoms with Crippen molar-refractivity contribution in [3.8, 4) is 5.75 Å². The number of amides is 1. The minimum Gasteiger partial charge on any atom is -0.507 e. The molecule has 12 heteroatoms. The molecule has 0 spiro atoms. The number of carbonyl (C=O) groups excluding carboxylic acids is 2. The number of ketones is 1. The van der Waals surface area contributed by atoms with Gasteiger partial charge >= 0.3 is 5.91 Å². The van der Waals surface area contributed by atoms with Gasteiger partial charge in [0.1, 0.15) is 17.3 Å². The van der Waals surface area contributed by atoms with E-state index in [1.165, 1.54) is 28.8 Å². The lowest BCUT2D eigenvalue weighted by Gasteiger charge is -2.22. The molecule has 1 aliphatic rings. The molecule has 1 aliphatic heterocycles. The average Bonchev–Trinajstić information content (AvgIpc) is 3.51. The lowest BCUT2D eigenvalue weighted by Crippen LogP contribution is -2.29. The number of hydrogen-bond donors (Lipinski definition) is 1. The summed E-state index contributed by atoms with van der Waals surface area (Å²) in [6, 6.07) is 16.1. The summed E-state index contributed by atoms with van der Waals surface area (Å²) in [5, 5.41) is 20.8. The van der Waals surface area contributed by atoms with Crippen molar-refractivity contribution in [1.82, 2.24) is 10.2 Å². The van der Waals surface area contributed by atoms with E-state index in [-0.39, 0.29) is 16.3 Å². The van der Waals surface area contributed by atoms with Crippen molar-refractivity contribution in [3.63, 3.8) is 0 Å². The van der Waals surface area contributed by atoms with Crippen molar-refractivity contribution in [2.75, 3.05) is 11.5 Å². The van der Waals surface area contributed by atoms with Crippen molar-refractivity contribution in [2.45, 2.75) is 23.1 Å². The van der Waals surface area contributed by atoms with Crippen LogP contribution in [0.4, 0.5) is 9.52 Å². The maximum absolute atomic E-state index is 13.5. The summed E-state index contributed by atoms with van der Waals surface area (Å²) in [6.45, 7) is 2.33. The first kappa shape index (κ1) is 28.1. The van der Waals surface area contributed by atoms with Crippen LogP contribution in [-0.4, -0.2) is 33.6 Å². The maximum atomic E-state index is 13.5. The molecule has 1 fully saturated rings. The molecule has 1 unspecified atom stereocenters. The van der Waals surface area contributed by atoms with Gasteiger partial charge in [0.05, 0.1) is 18.2 Å². The molecule has 0 bridgehead atoms. The second-order valence-corrected chi connectivity index (χ2v) is 11.6. The molecule has 3 aromatic carbocycles. The highest BCUT2D eigenvalue weighted by molar-refractivity contribution is 8.00. The second-order valence-electron chi connectivity index (χ2n) is 8.55. The first-order valence-electron chi connectivity index (χ1n) is 12.0. The molecule has 0 radical (unpaired) electrons. The van der Waals surface area contributed by atoms with E-state index in [0.717, 1.165) is 29.0 Å². The van der Waals surface area contributed by atoms with Crippen LogP contribution in [0.3, 0.4) is 0 Å². The Bertz CT molecular complexity index is 1610. The summed E-state index contributed by atoms with van der Waals surface area (Å²) in [5.74, 6) is -1.59. The summed E-state index contributed by atoms with van der Waals surface area (Å²) < 4.78 is 19.6. The average molecular weight is 617 g/mol. The SMILES string of the molecule is CCOc1ccc(C2/C(=C(/O)c3ccc(F)cc3)C(=O)C(=O)N2c2nnc(SCc3ccc(Cl)cc3Cl)s2)cc1. The Morgan fingerprint density at radius 2 is 1.80 bits per heavy atom. The zero-order valence-corrected chi connectivity index (χ0v) is 24.0. The third kappa shape index (κ3) is 5.71. The maximum Gasteiger partial charge on any atom is 0.301 e. The van der Waals surface area contributed by atoms with Crippen LogP contribution in [0.2, 0.25) is 10.0 Å². The third-order valence-corrected chi connectivity index (χ3v) is 8.73. The monoisotopic (exact) mass is 615 g/mol. The second kappa shape index (κ2) is 12.0. The van der Waals surface area contributed by atoms with E-state index in [4.69, 9.17) is 27.9 Å². The van der Waals surface area contributed by atoms with E-state index in [0.29, 0.717) is 38.1 Å². The topological polar surface area (TPSA) is 92.6 Å². The van der Waals surface area contributed by atoms with E-state index in [1.54, 1.807) is 36.4 Å². The van der Waals surface area contributed by atoms with E-state index in [1.807, 2.05) is 13.0 Å². The Kier molecular flexibility index (Phi) is 8.41. The summed E-state index contributed by atoms with van der Waals surface area (Å²) in [6.07, 6.45) is 0. The fourth-order valence-corrected chi connectivity index (χ4v) is 6.58. The van der Waals surface area contributed by atoms with Crippen LogP contribution in [-0.2, 0) is 15.3 Å². The normalized spacial score (nSPS) is 16.5. The number of aliphatic hydroxyl groups is 1. The van der Waals surface area contributed by atoms with Gasteiger partial charge in [0.25, 0.3) is 5.78 Å². The van der Waals surface area contributed by atoms with Crippen LogP contribution in [0.5, 0.6) is 5.75 Å². The van der Waals surface area contributed by atoms with E-state index >= 15 is 0 Å². The fraction of sp³-hybridized carbons (Fsp3) is 0.143. The molecule has 40 heavy (non-hydrogen) atoms. The molecule has 5 rings (SSSR count). The quantitative estimate of drug-likeness (QED) is 0.0730. The first-order valence-corrected chi connectivity index (χ1v) is 14.5. The Morgan fingerprint density at radius 3 is 2.48 bits per heavy atom. The van der Waals surface area contributed by atoms with Crippen molar-refractivity contribution in [1.29, 1.82) is 0 Å². The van der Waals surface area contributed by atoms with Crippen LogP contribution in [0.25, 0.3) is 5.76 Å². The summed E-state index contributed by atoms with van der Waals surface area (Å²) in [7, 11) is 0. The number of aliphatic hydroxyl groups excluding tert-OH is 1. The number of thioether (sulfide) groups is 1. The van der Waals surface area contributed by atoms with E-state index < -0.39 is 29.3 Å². The highest BCUT2D eigenvalue weighted by Gasteiger charge is 2.48. The van der Waals surface area contributed by atoms with E-state index in [9.17, 15) is 19.1 Å². The number of rotatable bonds is 8. The zero-order valence-electron chi connectivity index (χ0n) is 20.8. The van der Waals surface area contributed by atoms with Gasteiger partial charge in [-0.15, -0.1) is 10.2 Å². The van der Waals surface area contributed by atoms with Gasteiger partial charge in [-0.1, -0.05) is 64.5 Å². The Labute approximate surface area is 247 Å². The standard InChI is InChI=1S/C28H20Cl2FN3O4S2/c1-2-38-20-11-6-15(7-12-20)23-22(24(35)16-4-9-19(31)10-5-16)25(36)26(37)34(23)27-32-33-28(40-27)39-14-17-3-8-18(29)13-21(17)30/h3-13,23,35H,2,14H2,1H3/b24-22-. The van der Waals surface area contributed by atoms with Crippen LogP contribution >= 0.6 is 46.3 Å². The minimum absolute atomic E-state index is 0.141. The number of anilines is 1. The molecule has 1 N–H and O–H groups in total. The molecule has 1 amide bonds. The molecule has 2 heterocycles. The van der Waals surface area contributed by atoms with Crippen molar-refractivity contribution < 1.29 is 23.8 Å². The summed E-state index contributed by atoms with van der Waals surface area (Å²) in [5.41, 5.74) is 1.45. The molecule has 204 valence electrons. The number of hydrogen-bond acceptors (Lipinski definition) is 8. The lowest BCUT2D eigenvalue weighted by atomic mass is 9.95. The smallest absolute Gasteiger partial charge is 0.301 e. The largest absolute Gasteiger partial charge is 0.507 e. The number of ether oxygens (including phenoxy) is 1. The fourth-order valence-electron chi connectivity index (χ4n) is 4.16. The number of carbonyl (C=O) groups is 2. The van der Waals surface area contributed by atoms with Gasteiger partial charge in [0.15, 0.2) is 4.34 Å². The molecule has 1 saturated heterocycles. The number of benzene rings is 3. The van der Waals surface area contributed by atoms with Crippen molar-refractivity contribution in [2.24, 2.45) is 0 Å². The molecule has 1 aromatic heterocycles. The minimum atomic E-state index is -1.00. The molecule has 7 nitrogen and oxygen atoms in total. The third-order valence-electron chi connectivity index (χ3n) is 6.04. The van der Waals surface area contributed by atoms with Crippen LogP contribution < -0.4 is 9.64 Å². The number of halogens is 3. The Balaban J connectivity index is 1.52. The van der Waals surface area contributed by atoms with Gasteiger partial charge in [0.2, 0.25) is 5.13 Å². The van der Waals surface area contributed by atoms with Crippen LogP contribution in [0.1, 0.15) is 29.7 Å². The predicted molar refractivity (Wildman–Crippen MR) is 155 cm³/mol. The van der Waals surface area contributed by atoms with Crippen LogP contribution in [0.15, 0.2) is 76.6 Å². The summed E-state index contributed by atoms with van der Waals surface area (Å²) >= 11 is 14.8. The number of aromatic nitrogens is 2. The molecular formula is C28H20Cl2FN3O4S2. The lowest BCUT2D eigenvalue weighted by molar-refractivity contribution is -0.132. The van der Waals surface area contributed by atoms with Gasteiger partial charge in [0, 0.05) is 21.4 Å². The van der Waals surface area contributed by atoms with Crippen LogP contribution in [0, 0.1) is 5.82 Å². The first-order chi connectivity index (χ1) is 19.3.